The highest BCUT2D eigenvalue weighted by Crippen LogP contribution is 2.37. The molecular formula is C27H58N2O. The summed E-state index contributed by atoms with van der Waals surface area (Å²) in [7, 11) is 0. The lowest BCUT2D eigenvalue weighted by atomic mass is 9.72. The summed E-state index contributed by atoms with van der Waals surface area (Å²) in [5, 5.41) is 11.1. The molecule has 0 rings (SSSR count). The SMILES string of the molecule is CCCCC(CC(O)CC(CCCC)C(CC(CC)CC)CC(CC)CC)C(N)N. The highest BCUT2D eigenvalue weighted by Gasteiger charge is 2.29. The third-order valence-electron chi connectivity index (χ3n) is 7.80. The Morgan fingerprint density at radius 1 is 0.567 bits per heavy atom. The van der Waals surface area contributed by atoms with Crippen molar-refractivity contribution in [2.75, 3.05) is 0 Å². The minimum absolute atomic E-state index is 0.239. The van der Waals surface area contributed by atoms with Crippen LogP contribution in [0.5, 0.6) is 0 Å². The minimum Gasteiger partial charge on any atom is -0.393 e. The fraction of sp³-hybridized carbons (Fsp3) is 1.00. The Hall–Kier alpha value is -0.120. The van der Waals surface area contributed by atoms with Crippen LogP contribution in [-0.2, 0) is 0 Å². The van der Waals surface area contributed by atoms with Crippen LogP contribution in [0.2, 0.25) is 0 Å². The lowest BCUT2D eigenvalue weighted by molar-refractivity contribution is 0.0764. The number of hydrogen-bond donors (Lipinski definition) is 3. The van der Waals surface area contributed by atoms with Crippen LogP contribution in [0.25, 0.3) is 0 Å². The third-order valence-corrected chi connectivity index (χ3v) is 7.80. The van der Waals surface area contributed by atoms with Crippen LogP contribution in [-0.4, -0.2) is 17.4 Å². The van der Waals surface area contributed by atoms with Crippen molar-refractivity contribution in [3.05, 3.63) is 0 Å². The van der Waals surface area contributed by atoms with Gasteiger partial charge in [-0.25, -0.2) is 0 Å². The van der Waals surface area contributed by atoms with E-state index in [1.165, 1.54) is 57.8 Å². The van der Waals surface area contributed by atoms with Gasteiger partial charge in [0.1, 0.15) is 0 Å². The van der Waals surface area contributed by atoms with Gasteiger partial charge in [-0.1, -0.05) is 99.3 Å². The Bertz CT molecular complexity index is 352. The summed E-state index contributed by atoms with van der Waals surface area (Å²) in [4.78, 5) is 0. The summed E-state index contributed by atoms with van der Waals surface area (Å²) in [5.74, 6) is 3.24. The highest BCUT2D eigenvalue weighted by atomic mass is 16.3. The van der Waals surface area contributed by atoms with Crippen molar-refractivity contribution in [3.63, 3.8) is 0 Å². The molecule has 5 N–H and O–H groups in total. The molecule has 3 atom stereocenters. The lowest BCUT2D eigenvalue weighted by Gasteiger charge is -2.34. The van der Waals surface area contributed by atoms with Crippen molar-refractivity contribution in [3.8, 4) is 0 Å². The van der Waals surface area contributed by atoms with Gasteiger partial charge in [-0.15, -0.1) is 0 Å². The van der Waals surface area contributed by atoms with Crippen molar-refractivity contribution in [1.82, 2.24) is 0 Å². The summed E-state index contributed by atoms with van der Waals surface area (Å²) >= 11 is 0. The first kappa shape index (κ1) is 29.9. The average Bonchev–Trinajstić information content (AvgIpc) is 2.74. The van der Waals surface area contributed by atoms with E-state index in [0.29, 0.717) is 5.92 Å². The van der Waals surface area contributed by atoms with E-state index in [-0.39, 0.29) is 18.2 Å². The molecular weight excluding hydrogens is 368 g/mol. The normalized spacial score (nSPS) is 15.5. The lowest BCUT2D eigenvalue weighted by Crippen LogP contribution is -2.40. The summed E-state index contributed by atoms with van der Waals surface area (Å²) in [6.45, 7) is 13.9. The van der Waals surface area contributed by atoms with Gasteiger partial charge in [-0.05, 0) is 61.7 Å². The van der Waals surface area contributed by atoms with Gasteiger partial charge < -0.3 is 16.6 Å². The van der Waals surface area contributed by atoms with E-state index in [4.69, 9.17) is 11.5 Å². The summed E-state index contributed by atoms with van der Waals surface area (Å²) in [6, 6.07) is 0. The van der Waals surface area contributed by atoms with E-state index >= 15 is 0 Å². The zero-order valence-corrected chi connectivity index (χ0v) is 21.5. The monoisotopic (exact) mass is 426 g/mol. The molecule has 0 fully saturated rings. The minimum atomic E-state index is -0.315. The van der Waals surface area contributed by atoms with Gasteiger partial charge in [0.15, 0.2) is 0 Å². The highest BCUT2D eigenvalue weighted by molar-refractivity contribution is 4.80. The second-order valence-electron chi connectivity index (χ2n) is 10.1. The molecule has 3 unspecified atom stereocenters. The molecule has 0 aromatic heterocycles. The number of aliphatic hydroxyl groups is 1. The maximum Gasteiger partial charge on any atom is 0.0550 e. The molecule has 0 aliphatic rings. The predicted molar refractivity (Wildman–Crippen MR) is 134 cm³/mol. The van der Waals surface area contributed by atoms with Gasteiger partial charge in [-0.2, -0.15) is 0 Å². The second-order valence-corrected chi connectivity index (χ2v) is 10.1. The smallest absolute Gasteiger partial charge is 0.0550 e. The van der Waals surface area contributed by atoms with E-state index in [2.05, 4.69) is 41.5 Å². The number of aliphatic hydroxyl groups excluding tert-OH is 1. The zero-order valence-electron chi connectivity index (χ0n) is 21.5. The zero-order chi connectivity index (χ0) is 22.9. The van der Waals surface area contributed by atoms with Crippen LogP contribution in [0.15, 0.2) is 0 Å². The molecule has 0 radical (unpaired) electrons. The summed E-state index contributed by atoms with van der Waals surface area (Å²) < 4.78 is 0. The quantitative estimate of drug-likeness (QED) is 0.179. The molecule has 0 spiro atoms. The van der Waals surface area contributed by atoms with Gasteiger partial charge in [0.2, 0.25) is 0 Å². The molecule has 0 aromatic rings. The fourth-order valence-corrected chi connectivity index (χ4v) is 5.32. The molecule has 0 heterocycles. The van der Waals surface area contributed by atoms with Gasteiger partial charge in [-0.3, -0.25) is 0 Å². The van der Waals surface area contributed by atoms with E-state index in [1.807, 2.05) is 0 Å². The Morgan fingerprint density at radius 2 is 0.967 bits per heavy atom. The van der Waals surface area contributed by atoms with Crippen molar-refractivity contribution in [2.45, 2.75) is 144 Å². The number of hydrogen-bond acceptors (Lipinski definition) is 3. The number of unbranched alkanes of at least 4 members (excludes halogenated alkanes) is 2. The van der Waals surface area contributed by atoms with Gasteiger partial charge in [0, 0.05) is 0 Å². The van der Waals surface area contributed by atoms with E-state index < -0.39 is 0 Å². The number of nitrogens with two attached hydrogens (primary N) is 2. The Kier molecular flexibility index (Phi) is 18.4. The van der Waals surface area contributed by atoms with Crippen LogP contribution in [0, 0.1) is 29.6 Å². The molecule has 0 aliphatic carbocycles. The molecule has 0 aromatic carbocycles. The number of rotatable bonds is 20. The van der Waals surface area contributed by atoms with E-state index in [1.54, 1.807) is 0 Å². The van der Waals surface area contributed by atoms with Gasteiger partial charge >= 0.3 is 0 Å². The van der Waals surface area contributed by atoms with Crippen LogP contribution in [0.1, 0.15) is 131 Å². The van der Waals surface area contributed by atoms with Crippen molar-refractivity contribution < 1.29 is 5.11 Å². The molecule has 3 heteroatoms. The van der Waals surface area contributed by atoms with Crippen molar-refractivity contribution in [1.29, 1.82) is 0 Å². The molecule has 0 amide bonds. The molecule has 30 heavy (non-hydrogen) atoms. The Balaban J connectivity index is 5.33. The first-order chi connectivity index (χ1) is 14.4. The van der Waals surface area contributed by atoms with Crippen LogP contribution in [0.4, 0.5) is 0 Å². The standard InChI is InChI=1S/C27H58N2O/c1-7-13-15-23(19-26(30)20-24(27(28)29)16-14-8-2)25(17-21(9-3)10-4)18-22(11-5)12-6/h21-27,30H,7-20,28-29H2,1-6H3. The Morgan fingerprint density at radius 3 is 1.33 bits per heavy atom. The third kappa shape index (κ3) is 12.7. The first-order valence-corrected chi connectivity index (χ1v) is 13.5. The topological polar surface area (TPSA) is 72.3 Å². The average molecular weight is 427 g/mol. The van der Waals surface area contributed by atoms with Crippen LogP contribution < -0.4 is 11.5 Å². The Labute approximate surface area is 190 Å². The second kappa shape index (κ2) is 18.5. The molecule has 182 valence electrons. The molecule has 0 saturated carbocycles. The molecule has 3 nitrogen and oxygen atoms in total. The summed E-state index contributed by atoms with van der Waals surface area (Å²) in [6.07, 6.45) is 16.0. The predicted octanol–water partition coefficient (Wildman–Crippen LogP) is 7.25. The molecule has 0 bridgehead atoms. The largest absolute Gasteiger partial charge is 0.393 e. The first-order valence-electron chi connectivity index (χ1n) is 13.5. The fourth-order valence-electron chi connectivity index (χ4n) is 5.32. The van der Waals surface area contributed by atoms with Gasteiger partial charge in [0.05, 0.1) is 12.3 Å². The molecule has 0 saturated heterocycles. The van der Waals surface area contributed by atoms with E-state index in [0.717, 1.165) is 49.9 Å². The van der Waals surface area contributed by atoms with Crippen molar-refractivity contribution in [2.24, 2.45) is 41.1 Å². The molecule has 0 aliphatic heterocycles. The van der Waals surface area contributed by atoms with E-state index in [9.17, 15) is 5.11 Å². The van der Waals surface area contributed by atoms with Crippen molar-refractivity contribution >= 4 is 0 Å². The van der Waals surface area contributed by atoms with Crippen LogP contribution >= 0.6 is 0 Å². The maximum atomic E-state index is 11.1. The van der Waals surface area contributed by atoms with Crippen LogP contribution in [0.3, 0.4) is 0 Å². The summed E-state index contributed by atoms with van der Waals surface area (Å²) in [5.41, 5.74) is 12.1. The maximum absolute atomic E-state index is 11.1. The van der Waals surface area contributed by atoms with Gasteiger partial charge in [0.25, 0.3) is 0 Å².